The van der Waals surface area contributed by atoms with Crippen molar-refractivity contribution in [3.63, 3.8) is 0 Å². The number of hydrogen-bond donors (Lipinski definition) is 1. The summed E-state index contributed by atoms with van der Waals surface area (Å²) in [4.78, 5) is 0. The number of hydrogen-bond acceptors (Lipinski definition) is 3. The molecule has 4 nitrogen and oxygen atoms in total. The quantitative estimate of drug-likeness (QED) is 0.860. The van der Waals surface area contributed by atoms with Crippen LogP contribution in [0.2, 0.25) is 0 Å². The van der Waals surface area contributed by atoms with Crippen LogP contribution in [-0.2, 0) is 25.9 Å². The van der Waals surface area contributed by atoms with Gasteiger partial charge in [0.2, 0.25) is 0 Å². The largest absolute Gasteiger partial charge is 0.468 e. The van der Waals surface area contributed by atoms with Gasteiger partial charge in [-0.2, -0.15) is 5.10 Å². The van der Waals surface area contributed by atoms with Crippen molar-refractivity contribution in [2.75, 3.05) is 0 Å². The van der Waals surface area contributed by atoms with Crippen LogP contribution in [0.25, 0.3) is 0 Å². The summed E-state index contributed by atoms with van der Waals surface area (Å²) in [5, 5.41) is 4.58. The highest BCUT2D eigenvalue weighted by atomic mass is 16.3. The van der Waals surface area contributed by atoms with Crippen LogP contribution in [0.5, 0.6) is 0 Å². The minimum atomic E-state index is 0.436. The van der Waals surface area contributed by atoms with Gasteiger partial charge in [-0.05, 0) is 25.0 Å². The van der Waals surface area contributed by atoms with Crippen molar-refractivity contribution >= 4 is 0 Å². The molecule has 0 bridgehead atoms. The third-order valence-corrected chi connectivity index (χ3v) is 2.98. The van der Waals surface area contributed by atoms with E-state index in [4.69, 9.17) is 10.2 Å². The van der Waals surface area contributed by atoms with Crippen molar-refractivity contribution in [1.82, 2.24) is 9.78 Å². The van der Waals surface area contributed by atoms with Crippen molar-refractivity contribution in [1.29, 1.82) is 0 Å². The lowest BCUT2D eigenvalue weighted by Crippen LogP contribution is -2.08. The van der Waals surface area contributed by atoms with Gasteiger partial charge in [-0.25, -0.2) is 0 Å². The Morgan fingerprint density at radius 3 is 2.82 bits per heavy atom. The van der Waals surface area contributed by atoms with Crippen LogP contribution in [0.4, 0.5) is 0 Å². The topological polar surface area (TPSA) is 57.0 Å². The molecule has 0 atom stereocenters. The van der Waals surface area contributed by atoms with E-state index in [2.05, 4.69) is 25.0 Å². The maximum Gasteiger partial charge on any atom is 0.122 e. The molecule has 17 heavy (non-hydrogen) atoms. The Morgan fingerprint density at radius 1 is 1.35 bits per heavy atom. The normalized spacial score (nSPS) is 11.0. The van der Waals surface area contributed by atoms with Crippen molar-refractivity contribution in [2.24, 2.45) is 5.73 Å². The highest BCUT2D eigenvalue weighted by Crippen LogP contribution is 2.14. The van der Waals surface area contributed by atoms with Crippen LogP contribution in [0.3, 0.4) is 0 Å². The fourth-order valence-corrected chi connectivity index (χ4v) is 1.96. The molecule has 0 spiro atoms. The average molecular weight is 233 g/mol. The molecule has 0 aliphatic carbocycles. The molecule has 0 aliphatic heterocycles. The lowest BCUT2D eigenvalue weighted by atomic mass is 10.2. The van der Waals surface area contributed by atoms with Crippen LogP contribution >= 0.6 is 0 Å². The first-order valence-corrected chi connectivity index (χ1v) is 6.09. The summed E-state index contributed by atoms with van der Waals surface area (Å²) in [6.07, 6.45) is 3.64. The molecule has 0 amide bonds. The summed E-state index contributed by atoms with van der Waals surface area (Å²) in [5.41, 5.74) is 9.14. The zero-order chi connectivity index (χ0) is 12.3. The average Bonchev–Trinajstić information content (AvgIpc) is 2.95. The Hall–Kier alpha value is -1.55. The van der Waals surface area contributed by atoms with Crippen molar-refractivity contribution in [3.05, 3.63) is 41.1 Å². The summed E-state index contributed by atoms with van der Waals surface area (Å²) in [7, 11) is 0. The summed E-state index contributed by atoms with van der Waals surface area (Å²) in [6.45, 7) is 5.44. The van der Waals surface area contributed by atoms with Gasteiger partial charge in [0.15, 0.2) is 0 Å². The standard InChI is InChI=1S/C13H19N3O/c1-3-11-7-12(4-2)16(15-11)9-10-5-6-17-13(10)8-14/h5-7H,3-4,8-9,14H2,1-2H3. The van der Waals surface area contributed by atoms with E-state index < -0.39 is 0 Å². The predicted molar refractivity (Wildman–Crippen MR) is 66.7 cm³/mol. The Bertz CT molecular complexity index is 485. The van der Waals surface area contributed by atoms with E-state index in [1.54, 1.807) is 6.26 Å². The third-order valence-electron chi connectivity index (χ3n) is 2.98. The summed E-state index contributed by atoms with van der Waals surface area (Å²) >= 11 is 0. The molecular formula is C13H19N3O. The molecule has 0 saturated heterocycles. The Balaban J connectivity index is 2.25. The maximum absolute atomic E-state index is 5.63. The second kappa shape index (κ2) is 5.19. The van der Waals surface area contributed by atoms with Crippen molar-refractivity contribution in [2.45, 2.75) is 39.8 Å². The molecule has 92 valence electrons. The molecule has 0 aromatic carbocycles. The summed E-state index contributed by atoms with van der Waals surface area (Å²) < 4.78 is 7.37. The summed E-state index contributed by atoms with van der Waals surface area (Å²) in [6, 6.07) is 4.14. The molecule has 2 aromatic heterocycles. The Morgan fingerprint density at radius 2 is 2.18 bits per heavy atom. The zero-order valence-electron chi connectivity index (χ0n) is 10.4. The van der Waals surface area contributed by atoms with E-state index in [1.165, 1.54) is 5.69 Å². The molecule has 0 saturated carbocycles. The van der Waals surface area contributed by atoms with Crippen LogP contribution in [-0.4, -0.2) is 9.78 Å². The van der Waals surface area contributed by atoms with Crippen molar-refractivity contribution in [3.8, 4) is 0 Å². The van der Waals surface area contributed by atoms with Crippen LogP contribution in [0.15, 0.2) is 22.8 Å². The minimum Gasteiger partial charge on any atom is -0.468 e. The van der Waals surface area contributed by atoms with E-state index in [0.717, 1.165) is 36.4 Å². The number of furan rings is 1. The smallest absolute Gasteiger partial charge is 0.122 e. The van der Waals surface area contributed by atoms with E-state index in [0.29, 0.717) is 6.54 Å². The van der Waals surface area contributed by atoms with Gasteiger partial charge in [-0.15, -0.1) is 0 Å². The van der Waals surface area contributed by atoms with Gasteiger partial charge in [-0.1, -0.05) is 13.8 Å². The minimum absolute atomic E-state index is 0.436. The van der Waals surface area contributed by atoms with Gasteiger partial charge < -0.3 is 10.2 Å². The first kappa shape index (κ1) is 11.9. The molecule has 2 aromatic rings. The second-order valence-electron chi connectivity index (χ2n) is 4.06. The van der Waals surface area contributed by atoms with Gasteiger partial charge in [-0.3, -0.25) is 4.68 Å². The van der Waals surface area contributed by atoms with Crippen LogP contribution < -0.4 is 5.73 Å². The van der Waals surface area contributed by atoms with Gasteiger partial charge in [0.05, 0.1) is 25.0 Å². The molecule has 0 aliphatic rings. The lowest BCUT2D eigenvalue weighted by Gasteiger charge is -2.05. The lowest BCUT2D eigenvalue weighted by molar-refractivity contribution is 0.502. The van der Waals surface area contributed by atoms with Gasteiger partial charge in [0.1, 0.15) is 5.76 Å². The number of nitrogens with two attached hydrogens (primary N) is 1. The fourth-order valence-electron chi connectivity index (χ4n) is 1.96. The monoisotopic (exact) mass is 233 g/mol. The summed E-state index contributed by atoms with van der Waals surface area (Å²) in [5.74, 6) is 0.848. The predicted octanol–water partition coefficient (Wildman–Crippen LogP) is 2.11. The second-order valence-corrected chi connectivity index (χ2v) is 4.06. The number of aryl methyl sites for hydroxylation is 2. The van der Waals surface area contributed by atoms with E-state index in [1.807, 2.05) is 10.7 Å². The van der Waals surface area contributed by atoms with Crippen molar-refractivity contribution < 1.29 is 4.42 Å². The van der Waals surface area contributed by atoms with Gasteiger partial charge >= 0.3 is 0 Å². The highest BCUT2D eigenvalue weighted by molar-refractivity contribution is 5.19. The fraction of sp³-hybridized carbons (Fsp3) is 0.462. The van der Waals surface area contributed by atoms with E-state index >= 15 is 0 Å². The Labute approximate surface area is 101 Å². The van der Waals surface area contributed by atoms with E-state index in [9.17, 15) is 0 Å². The zero-order valence-corrected chi connectivity index (χ0v) is 10.4. The van der Waals surface area contributed by atoms with Crippen LogP contribution in [0.1, 0.15) is 36.6 Å². The molecule has 0 fully saturated rings. The van der Waals surface area contributed by atoms with E-state index in [-0.39, 0.29) is 0 Å². The Kier molecular flexibility index (Phi) is 3.64. The number of rotatable bonds is 5. The first-order chi connectivity index (χ1) is 8.28. The van der Waals surface area contributed by atoms with Crippen LogP contribution in [0, 0.1) is 0 Å². The molecule has 0 unspecified atom stereocenters. The molecule has 2 N–H and O–H groups in total. The number of aromatic nitrogens is 2. The highest BCUT2D eigenvalue weighted by Gasteiger charge is 2.09. The van der Waals surface area contributed by atoms with Gasteiger partial charge in [0, 0.05) is 11.3 Å². The first-order valence-electron chi connectivity index (χ1n) is 6.09. The third kappa shape index (κ3) is 2.42. The van der Waals surface area contributed by atoms with Gasteiger partial charge in [0.25, 0.3) is 0 Å². The molecule has 2 heterocycles. The number of nitrogens with zero attached hydrogens (tertiary/aromatic N) is 2. The molecule has 2 rings (SSSR count). The molecule has 4 heteroatoms. The molecule has 0 radical (unpaired) electrons. The maximum atomic E-state index is 5.63. The molecular weight excluding hydrogens is 214 g/mol. The SMILES string of the molecule is CCc1cc(CC)n(Cc2ccoc2CN)n1.